The van der Waals surface area contributed by atoms with Crippen LogP contribution in [0.25, 0.3) is 0 Å². The zero-order valence-electron chi connectivity index (χ0n) is 11.8. The number of aryl methyl sites for hydroxylation is 1. The van der Waals surface area contributed by atoms with Gasteiger partial charge in [0.05, 0.1) is 13.7 Å². The van der Waals surface area contributed by atoms with Crippen LogP contribution < -0.4 is 4.74 Å². The molecular weight excluding hydrogens is 226 g/mol. The molecule has 0 atom stereocenters. The Morgan fingerprint density at radius 2 is 2.11 bits per heavy atom. The summed E-state index contributed by atoms with van der Waals surface area (Å²) in [6, 6.07) is 4.14. The Morgan fingerprint density at radius 3 is 2.61 bits per heavy atom. The minimum Gasteiger partial charge on any atom is -0.496 e. The van der Waals surface area contributed by atoms with E-state index in [9.17, 15) is 0 Å². The molecule has 0 N–H and O–H groups in total. The first-order chi connectivity index (χ1) is 8.48. The van der Waals surface area contributed by atoms with Gasteiger partial charge < -0.3 is 9.47 Å². The highest BCUT2D eigenvalue weighted by molar-refractivity contribution is 5.97. The predicted octanol–water partition coefficient (Wildman–Crippen LogP) is 3.12. The van der Waals surface area contributed by atoms with Crippen molar-refractivity contribution in [2.75, 3.05) is 13.7 Å². The zero-order valence-corrected chi connectivity index (χ0v) is 11.8. The lowest BCUT2D eigenvalue weighted by atomic mass is 10.0. The van der Waals surface area contributed by atoms with E-state index in [2.05, 4.69) is 44.8 Å². The number of hydrogen-bond acceptors (Lipinski definition) is 3. The molecule has 0 spiro atoms. The molecule has 1 aromatic carbocycles. The fraction of sp³-hybridized carbons (Fsp3) is 0.533. The van der Waals surface area contributed by atoms with Crippen LogP contribution in [-0.4, -0.2) is 25.2 Å². The summed E-state index contributed by atoms with van der Waals surface area (Å²) in [6.45, 7) is 9.01. The number of nitrogens with zero attached hydrogens (tertiary/aromatic N) is 1. The number of methoxy groups -OCH3 is 1. The number of hydrogen-bond donors (Lipinski definition) is 0. The summed E-state index contributed by atoms with van der Waals surface area (Å²) in [5, 5.41) is 0. The number of benzene rings is 1. The fourth-order valence-corrected chi connectivity index (χ4v) is 2.31. The van der Waals surface area contributed by atoms with Gasteiger partial charge in [0.1, 0.15) is 11.4 Å². The molecule has 1 aliphatic rings. The molecule has 1 aromatic rings. The maximum absolute atomic E-state index is 5.91. The van der Waals surface area contributed by atoms with E-state index in [1.165, 1.54) is 5.56 Å². The molecule has 0 radical (unpaired) electrons. The Kier molecular flexibility index (Phi) is 3.33. The lowest BCUT2D eigenvalue weighted by molar-refractivity contribution is 0.131. The van der Waals surface area contributed by atoms with Crippen LogP contribution in [-0.2, 0) is 11.2 Å². The Hall–Kier alpha value is -1.51. The van der Waals surface area contributed by atoms with E-state index in [0.717, 1.165) is 29.2 Å². The average Bonchev–Trinajstić information content (AvgIpc) is 2.68. The average molecular weight is 247 g/mol. The molecule has 0 amide bonds. The highest BCUT2D eigenvalue weighted by Gasteiger charge is 2.29. The van der Waals surface area contributed by atoms with Gasteiger partial charge in [0.15, 0.2) is 0 Å². The van der Waals surface area contributed by atoms with Crippen molar-refractivity contribution in [3.8, 4) is 5.75 Å². The molecule has 1 heterocycles. The minimum atomic E-state index is -0.196. The van der Waals surface area contributed by atoms with Crippen LogP contribution in [0, 0.1) is 6.92 Å². The molecule has 3 nitrogen and oxygen atoms in total. The van der Waals surface area contributed by atoms with Gasteiger partial charge in [-0.15, -0.1) is 0 Å². The third-order valence-electron chi connectivity index (χ3n) is 3.22. The van der Waals surface area contributed by atoms with Gasteiger partial charge in [-0.05, 0) is 38.8 Å². The molecule has 0 bridgehead atoms. The van der Waals surface area contributed by atoms with E-state index in [4.69, 9.17) is 9.47 Å². The zero-order chi connectivity index (χ0) is 13.3. The van der Waals surface area contributed by atoms with Gasteiger partial charge in [0, 0.05) is 11.1 Å². The van der Waals surface area contributed by atoms with Gasteiger partial charge in [0.2, 0.25) is 5.90 Å². The summed E-state index contributed by atoms with van der Waals surface area (Å²) in [7, 11) is 1.71. The first-order valence-corrected chi connectivity index (χ1v) is 6.39. The van der Waals surface area contributed by atoms with E-state index in [0.29, 0.717) is 6.54 Å². The van der Waals surface area contributed by atoms with Crippen molar-refractivity contribution >= 4 is 5.90 Å². The number of aliphatic imine (C=N–C) groups is 1. The lowest BCUT2D eigenvalue weighted by Crippen LogP contribution is -2.24. The third-order valence-corrected chi connectivity index (χ3v) is 3.22. The van der Waals surface area contributed by atoms with Gasteiger partial charge in [-0.25, -0.2) is 4.99 Å². The highest BCUT2D eigenvalue weighted by atomic mass is 16.5. The summed E-state index contributed by atoms with van der Waals surface area (Å²) in [5.74, 6) is 1.70. The molecule has 1 aliphatic heterocycles. The van der Waals surface area contributed by atoms with Gasteiger partial charge in [0.25, 0.3) is 0 Å². The van der Waals surface area contributed by atoms with Crippen molar-refractivity contribution in [3.05, 3.63) is 28.8 Å². The van der Waals surface area contributed by atoms with E-state index >= 15 is 0 Å². The molecule has 0 saturated carbocycles. The molecule has 2 rings (SSSR count). The Balaban J connectivity index is 2.46. The molecule has 0 aromatic heterocycles. The van der Waals surface area contributed by atoms with Crippen molar-refractivity contribution < 1.29 is 9.47 Å². The van der Waals surface area contributed by atoms with E-state index in [1.54, 1.807) is 7.11 Å². The van der Waals surface area contributed by atoms with Crippen LogP contribution in [0.3, 0.4) is 0 Å². The second-order valence-corrected chi connectivity index (χ2v) is 5.28. The summed E-state index contributed by atoms with van der Waals surface area (Å²) < 4.78 is 11.4. The van der Waals surface area contributed by atoms with Crippen molar-refractivity contribution in [1.29, 1.82) is 0 Å². The molecule has 0 aliphatic carbocycles. The summed E-state index contributed by atoms with van der Waals surface area (Å²) in [4.78, 5) is 4.51. The topological polar surface area (TPSA) is 30.8 Å². The number of rotatable bonds is 3. The predicted molar refractivity (Wildman–Crippen MR) is 73.7 cm³/mol. The molecule has 0 unspecified atom stereocenters. The van der Waals surface area contributed by atoms with Crippen molar-refractivity contribution in [3.63, 3.8) is 0 Å². The summed E-state index contributed by atoms with van der Waals surface area (Å²) in [5.41, 5.74) is 3.19. The van der Waals surface area contributed by atoms with E-state index < -0.39 is 0 Å². The maximum atomic E-state index is 5.91. The van der Waals surface area contributed by atoms with Crippen LogP contribution >= 0.6 is 0 Å². The monoisotopic (exact) mass is 247 g/mol. The Labute approximate surface area is 109 Å². The lowest BCUT2D eigenvalue weighted by Gasteiger charge is -2.19. The maximum Gasteiger partial charge on any atom is 0.217 e. The normalized spacial score (nSPS) is 17.3. The van der Waals surface area contributed by atoms with Crippen molar-refractivity contribution in [2.45, 2.75) is 39.7 Å². The standard InChI is InChI=1S/C15H21NO2/c1-6-11-12(8-7-10(2)13(11)17-5)14-16-9-15(3,4)18-14/h7-8H,6,9H2,1-5H3. The van der Waals surface area contributed by atoms with Gasteiger partial charge in [-0.3, -0.25) is 0 Å². The van der Waals surface area contributed by atoms with Crippen LogP contribution in [0.2, 0.25) is 0 Å². The van der Waals surface area contributed by atoms with Crippen molar-refractivity contribution in [1.82, 2.24) is 0 Å². The summed E-state index contributed by atoms with van der Waals surface area (Å²) in [6.07, 6.45) is 0.906. The number of ether oxygens (including phenoxy) is 2. The first-order valence-electron chi connectivity index (χ1n) is 6.39. The smallest absolute Gasteiger partial charge is 0.217 e. The summed E-state index contributed by atoms with van der Waals surface area (Å²) >= 11 is 0. The molecule has 3 heteroatoms. The second kappa shape index (κ2) is 4.63. The Morgan fingerprint density at radius 1 is 1.39 bits per heavy atom. The SMILES string of the molecule is CCc1c(C2=NCC(C)(C)O2)ccc(C)c1OC. The van der Waals surface area contributed by atoms with Gasteiger partial charge >= 0.3 is 0 Å². The Bertz CT molecular complexity index is 490. The van der Waals surface area contributed by atoms with Crippen LogP contribution in [0.5, 0.6) is 5.75 Å². The van der Waals surface area contributed by atoms with Gasteiger partial charge in [-0.2, -0.15) is 0 Å². The fourth-order valence-electron chi connectivity index (χ4n) is 2.31. The van der Waals surface area contributed by atoms with Gasteiger partial charge in [-0.1, -0.05) is 13.0 Å². The molecule has 18 heavy (non-hydrogen) atoms. The molecule has 0 saturated heterocycles. The first kappa shape index (κ1) is 12.9. The van der Waals surface area contributed by atoms with Crippen LogP contribution in [0.1, 0.15) is 37.5 Å². The minimum absolute atomic E-state index is 0.196. The van der Waals surface area contributed by atoms with Crippen LogP contribution in [0.4, 0.5) is 0 Å². The van der Waals surface area contributed by atoms with Crippen molar-refractivity contribution in [2.24, 2.45) is 4.99 Å². The molecular formula is C15H21NO2. The second-order valence-electron chi connectivity index (χ2n) is 5.28. The van der Waals surface area contributed by atoms with E-state index in [1.807, 2.05) is 0 Å². The third kappa shape index (κ3) is 2.22. The van der Waals surface area contributed by atoms with Crippen LogP contribution in [0.15, 0.2) is 17.1 Å². The largest absolute Gasteiger partial charge is 0.496 e. The highest BCUT2D eigenvalue weighted by Crippen LogP contribution is 2.30. The van der Waals surface area contributed by atoms with E-state index in [-0.39, 0.29) is 5.60 Å². The molecule has 0 fully saturated rings. The quantitative estimate of drug-likeness (QED) is 0.821. The molecule has 98 valence electrons.